The zero-order valence-electron chi connectivity index (χ0n) is 16.5. The molecule has 0 unspecified atom stereocenters. The molecule has 0 spiro atoms. The van der Waals surface area contributed by atoms with Gasteiger partial charge in [0, 0.05) is 5.69 Å². The molecule has 3 rings (SSSR count). The van der Waals surface area contributed by atoms with Gasteiger partial charge < -0.3 is 10.6 Å². The Bertz CT molecular complexity index is 1160. The van der Waals surface area contributed by atoms with Gasteiger partial charge in [-0.3, -0.25) is 9.59 Å². The highest BCUT2D eigenvalue weighted by molar-refractivity contribution is 7.91. The largest absolute Gasteiger partial charge is 0.324 e. The van der Waals surface area contributed by atoms with Crippen molar-refractivity contribution in [3.8, 4) is 0 Å². The van der Waals surface area contributed by atoms with Gasteiger partial charge in [-0.2, -0.15) is 0 Å². The van der Waals surface area contributed by atoms with Gasteiger partial charge in [-0.15, -0.1) is 0 Å². The van der Waals surface area contributed by atoms with Crippen molar-refractivity contribution >= 4 is 33.0 Å². The second-order valence-corrected chi connectivity index (χ2v) is 9.00. The van der Waals surface area contributed by atoms with Gasteiger partial charge in [0.2, 0.25) is 5.91 Å². The van der Waals surface area contributed by atoms with Crippen LogP contribution in [0.15, 0.2) is 78.9 Å². The van der Waals surface area contributed by atoms with Gasteiger partial charge in [-0.05, 0) is 42.3 Å². The maximum atomic E-state index is 12.7. The van der Waals surface area contributed by atoms with E-state index in [0.717, 1.165) is 5.56 Å². The van der Waals surface area contributed by atoms with Crippen LogP contribution in [0.3, 0.4) is 0 Å². The van der Waals surface area contributed by atoms with E-state index in [1.807, 2.05) is 25.1 Å². The molecule has 2 N–H and O–H groups in total. The Morgan fingerprint density at radius 1 is 0.833 bits per heavy atom. The van der Waals surface area contributed by atoms with Crippen LogP contribution in [-0.2, 0) is 20.4 Å². The number of hydrogen-bond acceptors (Lipinski definition) is 4. The Hall–Kier alpha value is -3.45. The average molecular weight is 423 g/mol. The number of aryl methyl sites for hydroxylation is 1. The third kappa shape index (κ3) is 6.02. The van der Waals surface area contributed by atoms with Crippen molar-refractivity contribution < 1.29 is 18.0 Å². The summed E-state index contributed by atoms with van der Waals surface area (Å²) >= 11 is 0. The lowest BCUT2D eigenvalue weighted by Gasteiger charge is -2.12. The van der Waals surface area contributed by atoms with Crippen LogP contribution in [0, 0.1) is 6.92 Å². The normalized spacial score (nSPS) is 11.0. The van der Waals surface area contributed by atoms with Gasteiger partial charge >= 0.3 is 0 Å². The fourth-order valence-corrected chi connectivity index (χ4v) is 4.25. The quantitative estimate of drug-likeness (QED) is 0.606. The molecule has 0 bridgehead atoms. The summed E-state index contributed by atoms with van der Waals surface area (Å²) in [6.45, 7) is 1.92. The van der Waals surface area contributed by atoms with Crippen molar-refractivity contribution in [3.05, 3.63) is 95.6 Å². The number of para-hydroxylation sites is 1. The van der Waals surface area contributed by atoms with Crippen molar-refractivity contribution in [3.63, 3.8) is 0 Å². The molecule has 2 amide bonds. The first-order chi connectivity index (χ1) is 14.3. The minimum absolute atomic E-state index is 0.225. The molecular weight excluding hydrogens is 400 g/mol. The standard InChI is InChI=1S/C23H22N2O4S/c1-17-8-7-11-19(14-17)24-23(27)20-12-5-6-13-21(20)25-22(26)16-30(28,29)15-18-9-3-2-4-10-18/h2-14H,15-16H2,1H3,(H,24,27)(H,25,26). The first-order valence-corrected chi connectivity index (χ1v) is 11.2. The molecule has 0 aliphatic carbocycles. The first-order valence-electron chi connectivity index (χ1n) is 9.34. The molecule has 6 nitrogen and oxygen atoms in total. The number of rotatable bonds is 7. The van der Waals surface area contributed by atoms with Crippen LogP contribution < -0.4 is 10.6 Å². The molecule has 0 atom stereocenters. The molecule has 3 aromatic rings. The van der Waals surface area contributed by atoms with Crippen LogP contribution in [-0.4, -0.2) is 26.0 Å². The van der Waals surface area contributed by atoms with Crippen molar-refractivity contribution in [2.45, 2.75) is 12.7 Å². The zero-order chi connectivity index (χ0) is 21.6. The number of hydrogen-bond donors (Lipinski definition) is 2. The van der Waals surface area contributed by atoms with Gasteiger partial charge in [-0.25, -0.2) is 8.42 Å². The maximum absolute atomic E-state index is 12.7. The molecule has 154 valence electrons. The molecule has 0 aliphatic rings. The van der Waals surface area contributed by atoms with Gasteiger partial charge in [0.25, 0.3) is 5.91 Å². The molecule has 0 aliphatic heterocycles. The molecule has 0 fully saturated rings. The van der Waals surface area contributed by atoms with Crippen molar-refractivity contribution in [1.82, 2.24) is 0 Å². The Morgan fingerprint density at radius 3 is 2.27 bits per heavy atom. The number of benzene rings is 3. The Kier molecular flexibility index (Phi) is 6.64. The fraction of sp³-hybridized carbons (Fsp3) is 0.130. The lowest BCUT2D eigenvalue weighted by atomic mass is 10.1. The van der Waals surface area contributed by atoms with Crippen LogP contribution in [0.2, 0.25) is 0 Å². The van der Waals surface area contributed by atoms with E-state index in [2.05, 4.69) is 10.6 Å². The topological polar surface area (TPSA) is 92.3 Å². The number of anilines is 2. The Labute approximate surface area is 175 Å². The lowest BCUT2D eigenvalue weighted by Crippen LogP contribution is -2.25. The van der Waals surface area contributed by atoms with E-state index < -0.39 is 27.4 Å². The Balaban J connectivity index is 1.69. The van der Waals surface area contributed by atoms with Gasteiger partial charge in [0.05, 0.1) is 17.0 Å². The second kappa shape index (κ2) is 9.37. The van der Waals surface area contributed by atoms with Gasteiger partial charge in [-0.1, -0.05) is 54.6 Å². The molecule has 0 heterocycles. The number of sulfone groups is 1. The van der Waals surface area contributed by atoms with E-state index in [9.17, 15) is 18.0 Å². The van der Waals surface area contributed by atoms with Crippen LogP contribution in [0.4, 0.5) is 11.4 Å². The molecule has 0 radical (unpaired) electrons. The van der Waals surface area contributed by atoms with E-state index in [1.54, 1.807) is 60.7 Å². The minimum Gasteiger partial charge on any atom is -0.324 e. The lowest BCUT2D eigenvalue weighted by molar-refractivity contribution is -0.113. The molecular formula is C23H22N2O4S. The number of carbonyl (C=O) groups excluding carboxylic acids is 2. The van der Waals surface area contributed by atoms with Crippen LogP contribution in [0.1, 0.15) is 21.5 Å². The molecule has 0 saturated carbocycles. The highest BCUT2D eigenvalue weighted by Crippen LogP contribution is 2.18. The number of nitrogens with one attached hydrogen (secondary N) is 2. The predicted octanol–water partition coefficient (Wildman–Crippen LogP) is 3.80. The second-order valence-electron chi connectivity index (χ2n) is 6.94. The molecule has 7 heteroatoms. The SMILES string of the molecule is Cc1cccc(NC(=O)c2ccccc2NC(=O)CS(=O)(=O)Cc2ccccc2)c1. The van der Waals surface area contributed by atoms with E-state index >= 15 is 0 Å². The Morgan fingerprint density at radius 2 is 1.53 bits per heavy atom. The van der Waals surface area contributed by atoms with E-state index in [1.165, 1.54) is 0 Å². The molecule has 30 heavy (non-hydrogen) atoms. The number of carbonyl (C=O) groups is 2. The monoisotopic (exact) mass is 422 g/mol. The maximum Gasteiger partial charge on any atom is 0.257 e. The summed E-state index contributed by atoms with van der Waals surface area (Å²) in [7, 11) is -3.65. The minimum atomic E-state index is -3.65. The summed E-state index contributed by atoms with van der Waals surface area (Å²) in [6.07, 6.45) is 0. The fourth-order valence-electron chi connectivity index (χ4n) is 2.98. The highest BCUT2D eigenvalue weighted by atomic mass is 32.2. The van der Waals surface area contributed by atoms with E-state index in [4.69, 9.17) is 0 Å². The summed E-state index contributed by atoms with van der Waals surface area (Å²) in [4.78, 5) is 25.0. The van der Waals surface area contributed by atoms with Crippen molar-refractivity contribution in [2.75, 3.05) is 16.4 Å². The molecule has 0 saturated heterocycles. The summed E-state index contributed by atoms with van der Waals surface area (Å²) in [5, 5.41) is 5.34. The van der Waals surface area contributed by atoms with Gasteiger partial charge in [0.15, 0.2) is 9.84 Å². The molecule has 0 aromatic heterocycles. The van der Waals surface area contributed by atoms with E-state index in [0.29, 0.717) is 11.3 Å². The van der Waals surface area contributed by atoms with Crippen LogP contribution in [0.5, 0.6) is 0 Å². The summed E-state index contributed by atoms with van der Waals surface area (Å²) < 4.78 is 24.7. The van der Waals surface area contributed by atoms with E-state index in [-0.39, 0.29) is 17.0 Å². The molecule has 3 aromatic carbocycles. The van der Waals surface area contributed by atoms with Crippen LogP contribution in [0.25, 0.3) is 0 Å². The van der Waals surface area contributed by atoms with Crippen LogP contribution >= 0.6 is 0 Å². The predicted molar refractivity (Wildman–Crippen MR) is 118 cm³/mol. The zero-order valence-corrected chi connectivity index (χ0v) is 17.3. The van der Waals surface area contributed by atoms with Crippen molar-refractivity contribution in [2.24, 2.45) is 0 Å². The summed E-state index contributed by atoms with van der Waals surface area (Å²) in [5.74, 6) is -1.99. The summed E-state index contributed by atoms with van der Waals surface area (Å²) in [5.41, 5.74) is 2.74. The summed E-state index contributed by atoms with van der Waals surface area (Å²) in [6, 6.07) is 22.5. The smallest absolute Gasteiger partial charge is 0.257 e. The third-order valence-corrected chi connectivity index (χ3v) is 5.78. The van der Waals surface area contributed by atoms with Gasteiger partial charge in [0.1, 0.15) is 5.75 Å². The average Bonchev–Trinajstić information content (AvgIpc) is 2.68. The third-order valence-electron chi connectivity index (χ3n) is 4.30. The first kappa shape index (κ1) is 21.3. The highest BCUT2D eigenvalue weighted by Gasteiger charge is 2.19. The van der Waals surface area contributed by atoms with Crippen molar-refractivity contribution in [1.29, 1.82) is 0 Å². The number of amides is 2.